The zero-order chi connectivity index (χ0) is 22.1. The number of thioether (sulfide) groups is 1. The van der Waals surface area contributed by atoms with Gasteiger partial charge in [-0.2, -0.15) is 4.52 Å². The highest BCUT2D eigenvalue weighted by Gasteiger charge is 2.25. The van der Waals surface area contributed by atoms with Gasteiger partial charge in [0.05, 0.1) is 17.8 Å². The maximum absolute atomic E-state index is 13.0. The highest BCUT2D eigenvalue weighted by Crippen LogP contribution is 2.31. The Kier molecular flexibility index (Phi) is 5.57. The predicted octanol–water partition coefficient (Wildman–Crippen LogP) is 3.37. The first kappa shape index (κ1) is 20.6. The number of fused-ring (bicyclic) bond motifs is 4. The number of hydrogen-bond acceptors (Lipinski definition) is 7. The second-order valence-corrected chi connectivity index (χ2v) is 8.47. The van der Waals surface area contributed by atoms with Crippen LogP contribution in [0, 0.1) is 6.92 Å². The van der Waals surface area contributed by atoms with Gasteiger partial charge < -0.3 is 14.4 Å². The number of benzene rings is 2. The van der Waals surface area contributed by atoms with E-state index in [2.05, 4.69) is 10.1 Å². The van der Waals surface area contributed by atoms with Crippen LogP contribution in [0.5, 0.6) is 11.5 Å². The van der Waals surface area contributed by atoms with E-state index in [4.69, 9.17) is 14.5 Å². The number of para-hydroxylation sites is 3. The zero-order valence-electron chi connectivity index (χ0n) is 17.9. The quantitative estimate of drug-likeness (QED) is 0.330. The molecule has 0 radical (unpaired) electrons. The second-order valence-electron chi connectivity index (χ2n) is 7.52. The average molecular weight is 450 g/mol. The van der Waals surface area contributed by atoms with E-state index in [1.165, 1.54) is 11.8 Å². The molecule has 164 valence electrons. The summed E-state index contributed by atoms with van der Waals surface area (Å²) in [5.74, 6) is 2.38. The number of rotatable bonds is 6. The number of carbonyl (C=O) groups is 1. The van der Waals surface area contributed by atoms with Crippen molar-refractivity contribution in [3.05, 3.63) is 54.4 Å². The summed E-state index contributed by atoms with van der Waals surface area (Å²) >= 11 is 1.37. The number of aryl methyl sites for hydroxylation is 1. The minimum atomic E-state index is -0.206. The minimum Gasteiger partial charge on any atom is -0.486 e. The van der Waals surface area contributed by atoms with Crippen LogP contribution in [0.4, 0.5) is 0 Å². The van der Waals surface area contributed by atoms with Crippen LogP contribution in [0.3, 0.4) is 0 Å². The third kappa shape index (κ3) is 3.95. The molecule has 0 spiro atoms. The van der Waals surface area contributed by atoms with E-state index in [1.807, 2.05) is 62.4 Å². The number of aromatic nitrogens is 4. The number of carbonyl (C=O) groups excluding carboxylic acids is 1. The van der Waals surface area contributed by atoms with Gasteiger partial charge in [0.15, 0.2) is 28.4 Å². The molecule has 4 aromatic rings. The van der Waals surface area contributed by atoms with Gasteiger partial charge in [-0.1, -0.05) is 36.0 Å². The summed E-state index contributed by atoms with van der Waals surface area (Å²) in [5.41, 5.74) is 1.59. The Hall–Kier alpha value is -3.33. The van der Waals surface area contributed by atoms with Gasteiger partial charge in [0.25, 0.3) is 0 Å². The Balaban J connectivity index is 1.30. The van der Waals surface area contributed by atoms with Crippen molar-refractivity contribution in [2.75, 3.05) is 25.4 Å². The molecule has 8 nitrogen and oxygen atoms in total. The van der Waals surface area contributed by atoms with Gasteiger partial charge in [0.2, 0.25) is 5.91 Å². The summed E-state index contributed by atoms with van der Waals surface area (Å²) in [4.78, 5) is 24.1. The van der Waals surface area contributed by atoms with Gasteiger partial charge in [-0.05, 0) is 38.1 Å². The number of hydrogen-bond donors (Lipinski definition) is 0. The Morgan fingerprint density at radius 1 is 1.16 bits per heavy atom. The topological polar surface area (TPSA) is 81.9 Å². The number of amides is 1. The molecular formula is C23H23N5O3S. The largest absolute Gasteiger partial charge is 0.486 e. The van der Waals surface area contributed by atoms with Crippen LogP contribution in [-0.4, -0.2) is 61.9 Å². The molecule has 0 saturated carbocycles. The van der Waals surface area contributed by atoms with Crippen molar-refractivity contribution in [1.82, 2.24) is 24.5 Å². The lowest BCUT2D eigenvalue weighted by atomic mass is 10.2. The van der Waals surface area contributed by atoms with Crippen molar-refractivity contribution in [3.63, 3.8) is 0 Å². The molecule has 0 N–H and O–H groups in total. The van der Waals surface area contributed by atoms with Crippen LogP contribution in [0.25, 0.3) is 16.6 Å². The Bertz CT molecular complexity index is 1290. The van der Waals surface area contributed by atoms with Crippen molar-refractivity contribution >= 4 is 34.2 Å². The van der Waals surface area contributed by atoms with Crippen LogP contribution >= 0.6 is 11.8 Å². The molecule has 32 heavy (non-hydrogen) atoms. The molecule has 9 heteroatoms. The summed E-state index contributed by atoms with van der Waals surface area (Å²) in [6, 6.07) is 15.4. The van der Waals surface area contributed by atoms with Crippen molar-refractivity contribution in [3.8, 4) is 11.5 Å². The fraction of sp³-hybridized carbons (Fsp3) is 0.304. The molecule has 1 aliphatic rings. The molecule has 1 atom stereocenters. The van der Waals surface area contributed by atoms with Gasteiger partial charge in [-0.15, -0.1) is 5.10 Å². The molecule has 0 saturated heterocycles. The smallest absolute Gasteiger partial charge is 0.233 e. The lowest BCUT2D eigenvalue weighted by Crippen LogP contribution is -2.44. The highest BCUT2D eigenvalue weighted by molar-refractivity contribution is 7.99. The fourth-order valence-corrected chi connectivity index (χ4v) is 4.60. The molecule has 0 bridgehead atoms. The van der Waals surface area contributed by atoms with E-state index in [9.17, 15) is 4.79 Å². The van der Waals surface area contributed by atoms with Crippen molar-refractivity contribution in [2.24, 2.45) is 0 Å². The van der Waals surface area contributed by atoms with Gasteiger partial charge >= 0.3 is 0 Å². The Labute approximate surface area is 189 Å². The fourth-order valence-electron chi connectivity index (χ4n) is 3.75. The second kappa shape index (κ2) is 8.66. The van der Waals surface area contributed by atoms with Gasteiger partial charge in [0, 0.05) is 11.9 Å². The lowest BCUT2D eigenvalue weighted by molar-refractivity contribution is -0.129. The summed E-state index contributed by atoms with van der Waals surface area (Å²) in [6.07, 6.45) is -0.206. The highest BCUT2D eigenvalue weighted by atomic mass is 32.2. The lowest BCUT2D eigenvalue weighted by Gasteiger charge is -2.30. The monoisotopic (exact) mass is 449 g/mol. The first-order chi connectivity index (χ1) is 15.6. The van der Waals surface area contributed by atoms with Crippen molar-refractivity contribution < 1.29 is 14.3 Å². The first-order valence-electron chi connectivity index (χ1n) is 10.5. The zero-order valence-corrected chi connectivity index (χ0v) is 18.7. The van der Waals surface area contributed by atoms with E-state index in [1.54, 1.807) is 9.42 Å². The summed E-state index contributed by atoms with van der Waals surface area (Å²) in [6.45, 7) is 5.29. The minimum absolute atomic E-state index is 0.0138. The normalized spacial score (nSPS) is 15.2. The van der Waals surface area contributed by atoms with Gasteiger partial charge in [-0.3, -0.25) is 4.79 Å². The molecule has 1 aliphatic heterocycles. The van der Waals surface area contributed by atoms with Gasteiger partial charge in [-0.25, -0.2) is 9.97 Å². The van der Waals surface area contributed by atoms with E-state index in [0.29, 0.717) is 36.4 Å². The van der Waals surface area contributed by atoms with Gasteiger partial charge in [0.1, 0.15) is 12.4 Å². The van der Waals surface area contributed by atoms with Crippen LogP contribution in [-0.2, 0) is 4.79 Å². The maximum atomic E-state index is 13.0. The van der Waals surface area contributed by atoms with Crippen LogP contribution in [0.1, 0.15) is 12.7 Å². The molecule has 0 aliphatic carbocycles. The first-order valence-corrected chi connectivity index (χ1v) is 11.5. The summed E-state index contributed by atoms with van der Waals surface area (Å²) < 4.78 is 13.5. The van der Waals surface area contributed by atoms with Crippen LogP contribution in [0.15, 0.2) is 53.7 Å². The van der Waals surface area contributed by atoms with Crippen LogP contribution < -0.4 is 9.47 Å². The molecule has 5 rings (SSSR count). The Morgan fingerprint density at radius 2 is 1.94 bits per heavy atom. The molecule has 0 fully saturated rings. The molecule has 3 heterocycles. The van der Waals surface area contributed by atoms with Crippen molar-refractivity contribution in [1.29, 1.82) is 0 Å². The van der Waals surface area contributed by atoms with E-state index in [-0.39, 0.29) is 17.8 Å². The van der Waals surface area contributed by atoms with Crippen molar-refractivity contribution in [2.45, 2.75) is 25.1 Å². The SMILES string of the molecule is CCN(CC1COc2ccccc2O1)C(=O)CSc1nc2ccccc2c2nc(C)nn12. The number of nitrogens with zero attached hydrogens (tertiary/aromatic N) is 5. The third-order valence-corrected chi connectivity index (χ3v) is 6.22. The average Bonchev–Trinajstić information content (AvgIpc) is 3.22. The molecule has 1 unspecified atom stereocenters. The summed E-state index contributed by atoms with van der Waals surface area (Å²) in [5, 5.41) is 6.07. The standard InChI is InChI=1S/C23H23N5O3S/c1-3-27(12-16-13-30-19-10-6-7-11-20(19)31-16)21(29)14-32-23-25-18-9-5-4-8-17(18)22-24-15(2)26-28(22)23/h4-11,16H,3,12-14H2,1-2H3. The number of likely N-dealkylation sites (N-methyl/N-ethyl adjacent to an activating group) is 1. The molecule has 2 aromatic heterocycles. The van der Waals surface area contributed by atoms with E-state index >= 15 is 0 Å². The maximum Gasteiger partial charge on any atom is 0.233 e. The van der Waals surface area contributed by atoms with E-state index < -0.39 is 0 Å². The number of ether oxygens (including phenoxy) is 2. The third-order valence-electron chi connectivity index (χ3n) is 5.31. The predicted molar refractivity (Wildman–Crippen MR) is 122 cm³/mol. The van der Waals surface area contributed by atoms with E-state index in [0.717, 1.165) is 22.3 Å². The molecule has 2 aromatic carbocycles. The Morgan fingerprint density at radius 3 is 2.78 bits per heavy atom. The summed E-state index contributed by atoms with van der Waals surface area (Å²) in [7, 11) is 0. The molecular weight excluding hydrogens is 426 g/mol. The molecule has 1 amide bonds. The van der Waals surface area contributed by atoms with Crippen LogP contribution in [0.2, 0.25) is 0 Å².